The van der Waals surface area contributed by atoms with Gasteiger partial charge in [-0.15, -0.1) is 0 Å². The fourth-order valence-corrected chi connectivity index (χ4v) is 2.60. The highest BCUT2D eigenvalue weighted by Gasteiger charge is 2.20. The number of aromatic nitrogens is 1. The normalized spacial score (nSPS) is 14.8. The molecule has 0 radical (unpaired) electrons. The van der Waals surface area contributed by atoms with Gasteiger partial charge in [-0.05, 0) is 30.2 Å². The SMILES string of the molecule is O=C1CCCN(Cc2cncc(F)c2)c2ccccc21. The Labute approximate surface area is 117 Å². The number of nitrogens with zero attached hydrogens (tertiary/aromatic N) is 2. The van der Waals surface area contributed by atoms with Crippen LogP contribution in [0.3, 0.4) is 0 Å². The van der Waals surface area contributed by atoms with Gasteiger partial charge in [0.25, 0.3) is 0 Å². The van der Waals surface area contributed by atoms with E-state index in [0.717, 1.165) is 29.8 Å². The van der Waals surface area contributed by atoms with Crippen molar-refractivity contribution in [1.82, 2.24) is 4.98 Å². The minimum atomic E-state index is -0.332. The largest absolute Gasteiger partial charge is 0.367 e. The topological polar surface area (TPSA) is 33.2 Å². The number of anilines is 1. The van der Waals surface area contributed by atoms with Crippen LogP contribution in [0.1, 0.15) is 28.8 Å². The molecule has 0 spiro atoms. The zero-order valence-electron chi connectivity index (χ0n) is 11.1. The van der Waals surface area contributed by atoms with Crippen molar-refractivity contribution in [1.29, 1.82) is 0 Å². The van der Waals surface area contributed by atoms with E-state index in [1.54, 1.807) is 6.20 Å². The van der Waals surface area contributed by atoms with Gasteiger partial charge in [-0.2, -0.15) is 0 Å². The van der Waals surface area contributed by atoms with Crippen LogP contribution in [0.5, 0.6) is 0 Å². The fraction of sp³-hybridized carbons (Fsp3) is 0.250. The van der Waals surface area contributed by atoms with Crippen LogP contribution in [0.25, 0.3) is 0 Å². The lowest BCUT2D eigenvalue weighted by atomic mass is 10.1. The Morgan fingerprint density at radius 3 is 2.95 bits per heavy atom. The molecule has 0 fully saturated rings. The van der Waals surface area contributed by atoms with Crippen molar-refractivity contribution in [2.45, 2.75) is 19.4 Å². The van der Waals surface area contributed by atoms with Crippen molar-refractivity contribution >= 4 is 11.5 Å². The zero-order chi connectivity index (χ0) is 13.9. The first-order valence-corrected chi connectivity index (χ1v) is 6.70. The lowest BCUT2D eigenvalue weighted by molar-refractivity contribution is 0.0984. The second kappa shape index (κ2) is 5.41. The van der Waals surface area contributed by atoms with Gasteiger partial charge in [0.2, 0.25) is 0 Å². The van der Waals surface area contributed by atoms with Crippen LogP contribution < -0.4 is 4.90 Å². The predicted molar refractivity (Wildman–Crippen MR) is 75.3 cm³/mol. The van der Waals surface area contributed by atoms with Crippen LogP contribution in [-0.4, -0.2) is 17.3 Å². The molecule has 2 heterocycles. The molecule has 102 valence electrons. The quantitative estimate of drug-likeness (QED) is 0.840. The van der Waals surface area contributed by atoms with E-state index in [-0.39, 0.29) is 11.6 Å². The first kappa shape index (κ1) is 12.8. The average Bonchev–Trinajstić information content (AvgIpc) is 2.60. The van der Waals surface area contributed by atoms with E-state index < -0.39 is 0 Å². The Bertz CT molecular complexity index is 642. The first-order chi connectivity index (χ1) is 9.74. The third-order valence-electron chi connectivity index (χ3n) is 3.51. The number of Topliss-reactive ketones (excluding diaryl/α,β-unsaturated/α-hetero) is 1. The van der Waals surface area contributed by atoms with E-state index in [0.29, 0.717) is 13.0 Å². The Morgan fingerprint density at radius 2 is 2.10 bits per heavy atom. The van der Waals surface area contributed by atoms with E-state index >= 15 is 0 Å². The number of hydrogen-bond donors (Lipinski definition) is 0. The monoisotopic (exact) mass is 270 g/mol. The van der Waals surface area contributed by atoms with E-state index in [1.807, 2.05) is 24.3 Å². The predicted octanol–water partition coefficient (Wildman–Crippen LogP) is 3.20. The molecule has 0 saturated heterocycles. The number of ketones is 1. The number of para-hydroxylation sites is 1. The molecule has 0 saturated carbocycles. The number of halogens is 1. The molecule has 1 aromatic carbocycles. The molecule has 2 aromatic rings. The van der Waals surface area contributed by atoms with E-state index in [9.17, 15) is 9.18 Å². The van der Waals surface area contributed by atoms with Crippen LogP contribution >= 0.6 is 0 Å². The summed E-state index contributed by atoms with van der Waals surface area (Å²) in [5, 5.41) is 0. The number of pyridine rings is 1. The summed E-state index contributed by atoms with van der Waals surface area (Å²) in [6.45, 7) is 1.36. The number of benzene rings is 1. The molecule has 0 atom stereocenters. The van der Waals surface area contributed by atoms with Crippen LogP contribution in [0.4, 0.5) is 10.1 Å². The first-order valence-electron chi connectivity index (χ1n) is 6.70. The molecule has 20 heavy (non-hydrogen) atoms. The second-order valence-electron chi connectivity index (χ2n) is 4.98. The smallest absolute Gasteiger partial charge is 0.165 e. The summed E-state index contributed by atoms with van der Waals surface area (Å²) >= 11 is 0. The Hall–Kier alpha value is -2.23. The molecular weight excluding hydrogens is 255 g/mol. The van der Waals surface area contributed by atoms with Gasteiger partial charge in [-0.3, -0.25) is 9.78 Å². The Balaban J connectivity index is 1.93. The molecule has 0 aliphatic carbocycles. The van der Waals surface area contributed by atoms with Crippen LogP contribution in [0, 0.1) is 5.82 Å². The third-order valence-corrected chi connectivity index (χ3v) is 3.51. The molecule has 3 nitrogen and oxygen atoms in total. The standard InChI is InChI=1S/C16H15FN2O/c17-13-8-12(9-18-10-13)11-19-7-3-6-16(20)14-4-1-2-5-15(14)19/h1-2,4-5,8-10H,3,6-7,11H2. The third kappa shape index (κ3) is 2.54. The van der Waals surface area contributed by atoms with Crippen molar-refractivity contribution in [3.05, 3.63) is 59.7 Å². The number of carbonyl (C=O) groups excluding carboxylic acids is 1. The second-order valence-corrected chi connectivity index (χ2v) is 4.98. The maximum Gasteiger partial charge on any atom is 0.165 e. The fourth-order valence-electron chi connectivity index (χ4n) is 2.60. The number of rotatable bonds is 2. The summed E-state index contributed by atoms with van der Waals surface area (Å²) in [6, 6.07) is 9.10. The maximum atomic E-state index is 13.2. The van der Waals surface area contributed by atoms with Crippen molar-refractivity contribution in [3.8, 4) is 0 Å². The van der Waals surface area contributed by atoms with Crippen LogP contribution in [0.15, 0.2) is 42.7 Å². The summed E-state index contributed by atoms with van der Waals surface area (Å²) in [5.41, 5.74) is 2.50. The molecular formula is C16H15FN2O. The van der Waals surface area contributed by atoms with Crippen molar-refractivity contribution in [2.24, 2.45) is 0 Å². The summed E-state index contributed by atoms with van der Waals surface area (Å²) in [7, 11) is 0. The highest BCUT2D eigenvalue weighted by molar-refractivity contribution is 6.01. The minimum Gasteiger partial charge on any atom is -0.367 e. The summed E-state index contributed by atoms with van der Waals surface area (Å²) in [4.78, 5) is 18.1. The molecule has 3 rings (SSSR count). The van der Waals surface area contributed by atoms with Gasteiger partial charge >= 0.3 is 0 Å². The van der Waals surface area contributed by atoms with Crippen molar-refractivity contribution in [3.63, 3.8) is 0 Å². The molecule has 0 amide bonds. The Morgan fingerprint density at radius 1 is 1.25 bits per heavy atom. The summed E-state index contributed by atoms with van der Waals surface area (Å²) in [5.74, 6) is -0.151. The van der Waals surface area contributed by atoms with Gasteiger partial charge in [0.15, 0.2) is 5.78 Å². The lowest BCUT2D eigenvalue weighted by Gasteiger charge is -2.24. The minimum absolute atomic E-state index is 0.181. The molecule has 4 heteroatoms. The van der Waals surface area contributed by atoms with Gasteiger partial charge in [0, 0.05) is 37.0 Å². The highest BCUT2D eigenvalue weighted by Crippen LogP contribution is 2.27. The van der Waals surface area contributed by atoms with Gasteiger partial charge in [-0.25, -0.2) is 4.39 Å². The van der Waals surface area contributed by atoms with Gasteiger partial charge in [0.1, 0.15) is 5.82 Å². The Kier molecular flexibility index (Phi) is 3.46. The van der Waals surface area contributed by atoms with Crippen molar-refractivity contribution < 1.29 is 9.18 Å². The molecule has 1 aromatic heterocycles. The highest BCUT2D eigenvalue weighted by atomic mass is 19.1. The molecule has 1 aliphatic rings. The van der Waals surface area contributed by atoms with E-state index in [2.05, 4.69) is 9.88 Å². The number of fused-ring (bicyclic) bond motifs is 1. The maximum absolute atomic E-state index is 13.2. The molecule has 0 N–H and O–H groups in total. The van der Waals surface area contributed by atoms with Gasteiger partial charge < -0.3 is 4.90 Å². The van der Waals surface area contributed by atoms with Crippen LogP contribution in [0.2, 0.25) is 0 Å². The van der Waals surface area contributed by atoms with E-state index in [4.69, 9.17) is 0 Å². The van der Waals surface area contributed by atoms with Gasteiger partial charge in [-0.1, -0.05) is 12.1 Å². The molecule has 1 aliphatic heterocycles. The lowest BCUT2D eigenvalue weighted by Crippen LogP contribution is -2.23. The molecule has 0 unspecified atom stereocenters. The molecule has 0 bridgehead atoms. The van der Waals surface area contributed by atoms with Crippen molar-refractivity contribution in [2.75, 3.05) is 11.4 Å². The number of hydrogen-bond acceptors (Lipinski definition) is 3. The number of carbonyl (C=O) groups is 1. The average molecular weight is 270 g/mol. The van der Waals surface area contributed by atoms with Gasteiger partial charge in [0.05, 0.1) is 6.20 Å². The summed E-state index contributed by atoms with van der Waals surface area (Å²) in [6.07, 6.45) is 4.24. The summed E-state index contributed by atoms with van der Waals surface area (Å²) < 4.78 is 13.2. The van der Waals surface area contributed by atoms with Crippen LogP contribution in [-0.2, 0) is 6.54 Å². The zero-order valence-corrected chi connectivity index (χ0v) is 11.1. The van der Waals surface area contributed by atoms with E-state index in [1.165, 1.54) is 12.3 Å².